The van der Waals surface area contributed by atoms with Gasteiger partial charge in [0, 0.05) is 10.6 Å². The first-order valence-corrected chi connectivity index (χ1v) is 9.77. The average Bonchev–Trinajstić information content (AvgIpc) is 2.54. The molecule has 134 valence electrons. The van der Waals surface area contributed by atoms with Crippen LogP contribution in [0.1, 0.15) is 15.9 Å². The summed E-state index contributed by atoms with van der Waals surface area (Å²) in [5, 5.41) is 3.37. The van der Waals surface area contributed by atoms with Crippen LogP contribution in [0.15, 0.2) is 42.5 Å². The average molecular weight is 383 g/mol. The molecule has 0 saturated heterocycles. The smallest absolute Gasteiger partial charge is 0.251 e. The van der Waals surface area contributed by atoms with Crippen molar-refractivity contribution >= 4 is 33.2 Å². The summed E-state index contributed by atoms with van der Waals surface area (Å²) in [7, 11) is -3.41. The van der Waals surface area contributed by atoms with Gasteiger partial charge in [-0.3, -0.25) is 9.52 Å². The zero-order valence-corrected chi connectivity index (χ0v) is 15.4. The van der Waals surface area contributed by atoms with E-state index in [1.165, 1.54) is 0 Å². The summed E-state index contributed by atoms with van der Waals surface area (Å²) in [6.45, 7) is 2.30. The van der Waals surface area contributed by atoms with Gasteiger partial charge in [-0.25, -0.2) is 8.42 Å². The number of anilines is 1. The monoisotopic (exact) mass is 382 g/mol. The highest BCUT2D eigenvalue weighted by atomic mass is 35.5. The minimum Gasteiger partial charge on any atom is -0.492 e. The lowest BCUT2D eigenvalue weighted by atomic mass is 10.1. The first kappa shape index (κ1) is 19.1. The van der Waals surface area contributed by atoms with E-state index in [0.29, 0.717) is 40.7 Å². The van der Waals surface area contributed by atoms with Crippen LogP contribution in [0.5, 0.6) is 5.75 Å². The highest BCUT2D eigenvalue weighted by Gasteiger charge is 2.13. The molecule has 0 aromatic heterocycles. The minimum atomic E-state index is -3.41. The molecule has 0 spiro atoms. The van der Waals surface area contributed by atoms with Crippen LogP contribution in [-0.2, 0) is 10.0 Å². The predicted molar refractivity (Wildman–Crippen MR) is 98.9 cm³/mol. The normalized spacial score (nSPS) is 11.0. The number of carbonyl (C=O) groups excluding carboxylic acids is 1. The van der Waals surface area contributed by atoms with Crippen LogP contribution in [0.25, 0.3) is 0 Å². The molecule has 2 aromatic rings. The van der Waals surface area contributed by atoms with Crippen molar-refractivity contribution in [3.05, 3.63) is 58.6 Å². The fourth-order valence-electron chi connectivity index (χ4n) is 2.15. The fourth-order valence-corrected chi connectivity index (χ4v) is 2.90. The zero-order chi connectivity index (χ0) is 18.4. The highest BCUT2D eigenvalue weighted by molar-refractivity contribution is 7.92. The largest absolute Gasteiger partial charge is 0.492 e. The topological polar surface area (TPSA) is 84.5 Å². The van der Waals surface area contributed by atoms with Crippen molar-refractivity contribution in [3.8, 4) is 5.75 Å². The van der Waals surface area contributed by atoms with Gasteiger partial charge < -0.3 is 10.1 Å². The van der Waals surface area contributed by atoms with E-state index in [9.17, 15) is 13.2 Å². The molecule has 25 heavy (non-hydrogen) atoms. The number of carbonyl (C=O) groups is 1. The number of halogens is 1. The highest BCUT2D eigenvalue weighted by Crippen LogP contribution is 2.20. The molecule has 0 heterocycles. The maximum absolute atomic E-state index is 12.3. The molecular weight excluding hydrogens is 364 g/mol. The Bertz CT molecular complexity index is 851. The van der Waals surface area contributed by atoms with Crippen LogP contribution in [0.4, 0.5) is 5.69 Å². The molecule has 6 nitrogen and oxygen atoms in total. The summed E-state index contributed by atoms with van der Waals surface area (Å²) in [5.41, 5.74) is 1.34. The maximum atomic E-state index is 12.3. The van der Waals surface area contributed by atoms with Gasteiger partial charge in [0.25, 0.3) is 5.91 Å². The molecule has 0 radical (unpaired) electrons. The van der Waals surface area contributed by atoms with Gasteiger partial charge >= 0.3 is 0 Å². The van der Waals surface area contributed by atoms with E-state index in [4.69, 9.17) is 16.3 Å². The molecule has 0 fully saturated rings. The second kappa shape index (κ2) is 8.22. The van der Waals surface area contributed by atoms with Crippen molar-refractivity contribution in [2.45, 2.75) is 6.92 Å². The Hall–Kier alpha value is -2.25. The van der Waals surface area contributed by atoms with Gasteiger partial charge in [0.1, 0.15) is 12.4 Å². The second-order valence-corrected chi connectivity index (χ2v) is 7.60. The lowest BCUT2D eigenvalue weighted by Crippen LogP contribution is -2.28. The molecule has 0 aliphatic carbocycles. The number of sulfonamides is 1. The summed E-state index contributed by atoms with van der Waals surface area (Å²) in [6, 6.07) is 11.8. The van der Waals surface area contributed by atoms with Gasteiger partial charge in [0.2, 0.25) is 10.0 Å². The number of hydrogen-bond acceptors (Lipinski definition) is 4. The second-order valence-electron chi connectivity index (χ2n) is 5.41. The molecular formula is C17H19ClN2O4S. The Balaban J connectivity index is 1.92. The molecule has 0 aliphatic heterocycles. The molecule has 2 rings (SSSR count). The van der Waals surface area contributed by atoms with Crippen molar-refractivity contribution < 1.29 is 17.9 Å². The Morgan fingerprint density at radius 2 is 1.84 bits per heavy atom. The Labute approximate surface area is 152 Å². The van der Waals surface area contributed by atoms with Gasteiger partial charge in [0.15, 0.2) is 0 Å². The van der Waals surface area contributed by atoms with Crippen LogP contribution in [0.2, 0.25) is 5.02 Å². The first-order chi connectivity index (χ1) is 11.8. The van der Waals surface area contributed by atoms with E-state index < -0.39 is 10.0 Å². The van der Waals surface area contributed by atoms with E-state index in [2.05, 4.69) is 10.0 Å². The Morgan fingerprint density at radius 3 is 2.48 bits per heavy atom. The molecule has 2 aromatic carbocycles. The lowest BCUT2D eigenvalue weighted by molar-refractivity contribution is 0.0946. The molecule has 0 aliphatic rings. The van der Waals surface area contributed by atoms with Crippen LogP contribution in [-0.4, -0.2) is 33.7 Å². The van der Waals surface area contributed by atoms with Gasteiger partial charge in [-0.15, -0.1) is 0 Å². The third-order valence-electron chi connectivity index (χ3n) is 3.34. The zero-order valence-electron chi connectivity index (χ0n) is 13.9. The van der Waals surface area contributed by atoms with Crippen molar-refractivity contribution in [2.24, 2.45) is 0 Å². The van der Waals surface area contributed by atoms with Crippen LogP contribution in [0.3, 0.4) is 0 Å². The van der Waals surface area contributed by atoms with Crippen molar-refractivity contribution in [1.82, 2.24) is 5.32 Å². The molecule has 0 unspecified atom stereocenters. The SMILES string of the molecule is Cc1c(NS(C)(=O)=O)cccc1C(=O)NCCOc1ccc(Cl)cc1. The molecule has 0 atom stereocenters. The standard InChI is InChI=1S/C17H19ClN2O4S/c1-12-15(4-3-5-16(12)20-25(2,22)23)17(21)19-10-11-24-14-8-6-13(18)7-9-14/h3-9,20H,10-11H2,1-2H3,(H,19,21). The quantitative estimate of drug-likeness (QED) is 0.721. The van der Waals surface area contributed by atoms with E-state index in [0.717, 1.165) is 6.26 Å². The lowest BCUT2D eigenvalue weighted by Gasteiger charge is -2.12. The molecule has 8 heteroatoms. The molecule has 0 saturated carbocycles. The number of ether oxygens (including phenoxy) is 1. The predicted octanol–water partition coefficient (Wildman–Crippen LogP) is 2.83. The summed E-state index contributed by atoms with van der Waals surface area (Å²) in [4.78, 5) is 12.3. The van der Waals surface area contributed by atoms with E-state index in [-0.39, 0.29) is 5.91 Å². The van der Waals surface area contributed by atoms with E-state index >= 15 is 0 Å². The number of hydrogen-bond donors (Lipinski definition) is 2. The van der Waals surface area contributed by atoms with Crippen LogP contribution < -0.4 is 14.8 Å². The summed E-state index contributed by atoms with van der Waals surface area (Å²) in [6.07, 6.45) is 1.06. The number of amides is 1. The summed E-state index contributed by atoms with van der Waals surface area (Å²) in [5.74, 6) is 0.364. The van der Waals surface area contributed by atoms with Gasteiger partial charge in [0.05, 0.1) is 18.5 Å². The number of nitrogens with one attached hydrogen (secondary N) is 2. The number of rotatable bonds is 7. The third-order valence-corrected chi connectivity index (χ3v) is 4.19. The molecule has 1 amide bonds. The number of benzene rings is 2. The molecule has 0 bridgehead atoms. The first-order valence-electron chi connectivity index (χ1n) is 7.50. The van der Waals surface area contributed by atoms with Crippen molar-refractivity contribution in [1.29, 1.82) is 0 Å². The van der Waals surface area contributed by atoms with Crippen LogP contribution in [0, 0.1) is 6.92 Å². The summed E-state index contributed by atoms with van der Waals surface area (Å²) >= 11 is 5.79. The van der Waals surface area contributed by atoms with Crippen molar-refractivity contribution in [3.63, 3.8) is 0 Å². The molecule has 2 N–H and O–H groups in total. The van der Waals surface area contributed by atoms with E-state index in [1.807, 2.05) is 0 Å². The van der Waals surface area contributed by atoms with E-state index in [1.54, 1.807) is 49.4 Å². The fraction of sp³-hybridized carbons (Fsp3) is 0.235. The van der Waals surface area contributed by atoms with Crippen molar-refractivity contribution in [2.75, 3.05) is 24.1 Å². The van der Waals surface area contributed by atoms with Gasteiger partial charge in [-0.2, -0.15) is 0 Å². The maximum Gasteiger partial charge on any atom is 0.251 e. The summed E-state index contributed by atoms with van der Waals surface area (Å²) < 4.78 is 30.6. The minimum absolute atomic E-state index is 0.297. The Morgan fingerprint density at radius 1 is 1.16 bits per heavy atom. The van der Waals surface area contributed by atoms with Gasteiger partial charge in [-0.05, 0) is 48.9 Å². The Kier molecular flexibility index (Phi) is 6.27. The van der Waals surface area contributed by atoms with Crippen LogP contribution >= 0.6 is 11.6 Å². The van der Waals surface area contributed by atoms with Gasteiger partial charge in [-0.1, -0.05) is 17.7 Å². The third kappa shape index (κ3) is 5.95.